The first kappa shape index (κ1) is 10.2. The fourth-order valence-corrected chi connectivity index (χ4v) is 1.92. The Morgan fingerprint density at radius 2 is 2.10 bits per heavy atom. The lowest BCUT2D eigenvalue weighted by Crippen LogP contribution is -2.02. The SMILES string of the molecule is C=CCSP(=O)(ON)ON. The summed E-state index contributed by atoms with van der Waals surface area (Å²) in [6.45, 7) is 0.101. The van der Waals surface area contributed by atoms with Gasteiger partial charge in [0.05, 0.1) is 0 Å². The predicted molar refractivity (Wildman–Crippen MR) is 40.8 cm³/mol. The van der Waals surface area contributed by atoms with E-state index < -0.39 is 6.80 Å². The maximum Gasteiger partial charge on any atom is 0.421 e. The van der Waals surface area contributed by atoms with Crippen molar-refractivity contribution in [3.05, 3.63) is 12.7 Å². The molecule has 0 bridgehead atoms. The third kappa shape index (κ3) is 3.36. The summed E-state index contributed by atoms with van der Waals surface area (Å²) >= 11 is 0.867. The average Bonchev–Trinajstić information content (AvgIpc) is 2.00. The van der Waals surface area contributed by atoms with Crippen LogP contribution >= 0.6 is 18.2 Å². The Balaban J connectivity index is 3.81. The van der Waals surface area contributed by atoms with Crippen molar-refractivity contribution in [2.45, 2.75) is 0 Å². The lowest BCUT2D eigenvalue weighted by molar-refractivity contribution is 0.228. The van der Waals surface area contributed by atoms with Crippen LogP contribution in [0.2, 0.25) is 0 Å². The zero-order valence-electron chi connectivity index (χ0n) is 5.23. The molecule has 0 amide bonds. The Labute approximate surface area is 62.9 Å². The van der Waals surface area contributed by atoms with Crippen molar-refractivity contribution in [2.75, 3.05) is 5.75 Å². The van der Waals surface area contributed by atoms with E-state index in [1.54, 1.807) is 0 Å². The fraction of sp³-hybridized carbons (Fsp3) is 0.333. The minimum absolute atomic E-state index is 0.408. The van der Waals surface area contributed by atoms with Crippen LogP contribution in [0, 0.1) is 0 Å². The van der Waals surface area contributed by atoms with Crippen LogP contribution in [-0.4, -0.2) is 5.75 Å². The van der Waals surface area contributed by atoms with Gasteiger partial charge >= 0.3 is 6.80 Å². The van der Waals surface area contributed by atoms with Crippen molar-refractivity contribution in [1.82, 2.24) is 0 Å². The van der Waals surface area contributed by atoms with Gasteiger partial charge in [0.1, 0.15) is 0 Å². The van der Waals surface area contributed by atoms with E-state index in [1.807, 2.05) is 0 Å². The lowest BCUT2D eigenvalue weighted by Gasteiger charge is -2.08. The summed E-state index contributed by atoms with van der Waals surface area (Å²) in [5, 5.41) is 0. The third-order valence-electron chi connectivity index (χ3n) is 0.609. The van der Waals surface area contributed by atoms with Gasteiger partial charge in [-0.15, -0.1) is 6.58 Å². The molecule has 10 heavy (non-hydrogen) atoms. The van der Waals surface area contributed by atoms with E-state index in [4.69, 9.17) is 0 Å². The maximum absolute atomic E-state index is 10.9. The highest BCUT2D eigenvalue weighted by molar-refractivity contribution is 8.55. The first-order valence-electron chi connectivity index (χ1n) is 2.31. The summed E-state index contributed by atoms with van der Waals surface area (Å²) in [5.41, 5.74) is 0. The number of rotatable bonds is 5. The molecule has 0 aromatic rings. The molecule has 0 spiro atoms. The summed E-state index contributed by atoms with van der Waals surface area (Å²) in [6, 6.07) is 0. The van der Waals surface area contributed by atoms with Crippen molar-refractivity contribution in [2.24, 2.45) is 11.8 Å². The first-order valence-corrected chi connectivity index (χ1v) is 5.44. The van der Waals surface area contributed by atoms with Gasteiger partial charge in [0.25, 0.3) is 0 Å². The van der Waals surface area contributed by atoms with Gasteiger partial charge in [-0.3, -0.25) is 0 Å². The molecule has 0 aliphatic heterocycles. The summed E-state index contributed by atoms with van der Waals surface area (Å²) in [5.74, 6) is 9.68. The molecule has 0 radical (unpaired) electrons. The van der Waals surface area contributed by atoms with Crippen LogP contribution < -0.4 is 11.8 Å². The van der Waals surface area contributed by atoms with Gasteiger partial charge in [0, 0.05) is 5.75 Å². The quantitative estimate of drug-likeness (QED) is 0.373. The summed E-state index contributed by atoms with van der Waals surface area (Å²) < 4.78 is 19.0. The van der Waals surface area contributed by atoms with E-state index in [0.29, 0.717) is 5.75 Å². The molecule has 0 fully saturated rings. The van der Waals surface area contributed by atoms with E-state index in [1.165, 1.54) is 6.08 Å². The molecule has 5 nitrogen and oxygen atoms in total. The Morgan fingerprint density at radius 1 is 1.60 bits per heavy atom. The van der Waals surface area contributed by atoms with Gasteiger partial charge in [-0.2, -0.15) is 0 Å². The highest BCUT2D eigenvalue weighted by Gasteiger charge is 2.22. The predicted octanol–water partition coefficient (Wildman–Crippen LogP) is 0.794. The minimum Gasteiger partial charge on any atom is -0.244 e. The zero-order valence-corrected chi connectivity index (χ0v) is 6.94. The largest absolute Gasteiger partial charge is 0.421 e. The smallest absolute Gasteiger partial charge is 0.244 e. The second-order valence-corrected chi connectivity index (χ2v) is 5.27. The van der Waals surface area contributed by atoms with E-state index in [2.05, 4.69) is 27.6 Å². The molecular weight excluding hydrogens is 175 g/mol. The minimum atomic E-state index is -3.30. The van der Waals surface area contributed by atoms with Crippen molar-refractivity contribution < 1.29 is 13.8 Å². The lowest BCUT2D eigenvalue weighted by atomic mass is 10.8. The van der Waals surface area contributed by atoms with Crippen LogP contribution in [-0.2, 0) is 13.8 Å². The van der Waals surface area contributed by atoms with Crippen molar-refractivity contribution in [1.29, 1.82) is 0 Å². The van der Waals surface area contributed by atoms with Gasteiger partial charge in [-0.25, -0.2) is 25.6 Å². The molecule has 0 aromatic carbocycles. The monoisotopic (exact) mass is 184 g/mol. The summed E-state index contributed by atoms with van der Waals surface area (Å²) in [7, 11) is 0. The normalized spacial score (nSPS) is 11.4. The first-order chi connectivity index (χ1) is 4.68. The van der Waals surface area contributed by atoms with E-state index in [9.17, 15) is 4.57 Å². The Morgan fingerprint density at radius 3 is 2.40 bits per heavy atom. The maximum atomic E-state index is 10.9. The van der Waals surface area contributed by atoms with Crippen LogP contribution in [0.5, 0.6) is 0 Å². The molecule has 0 unspecified atom stereocenters. The van der Waals surface area contributed by atoms with Crippen LogP contribution in [0.4, 0.5) is 0 Å². The second kappa shape index (κ2) is 4.90. The fourth-order valence-electron chi connectivity index (χ4n) is 0.230. The van der Waals surface area contributed by atoms with Crippen LogP contribution in [0.25, 0.3) is 0 Å². The number of hydrogen-bond acceptors (Lipinski definition) is 6. The van der Waals surface area contributed by atoms with Crippen LogP contribution in [0.3, 0.4) is 0 Å². The molecule has 0 saturated heterocycles. The highest BCUT2D eigenvalue weighted by atomic mass is 32.7. The van der Waals surface area contributed by atoms with Crippen molar-refractivity contribution in [3.63, 3.8) is 0 Å². The second-order valence-electron chi connectivity index (χ2n) is 1.24. The van der Waals surface area contributed by atoms with Gasteiger partial charge in [-0.05, 0) is 11.4 Å². The Bertz CT molecular complexity index is 145. The molecule has 0 heterocycles. The Hall–Kier alpha value is 0.160. The molecule has 0 aromatic heterocycles. The molecule has 7 heteroatoms. The summed E-state index contributed by atoms with van der Waals surface area (Å²) in [6.07, 6.45) is 1.54. The van der Waals surface area contributed by atoms with Gasteiger partial charge in [0.15, 0.2) is 0 Å². The molecule has 4 N–H and O–H groups in total. The molecule has 0 saturated carbocycles. The molecule has 0 aliphatic rings. The standard InChI is InChI=1S/C3H9N2O3PS/c1-2-3-10-9(6,7-4)8-5/h2H,1,3-5H2. The van der Waals surface area contributed by atoms with Crippen molar-refractivity contribution in [3.8, 4) is 0 Å². The third-order valence-corrected chi connectivity index (χ3v) is 3.74. The average molecular weight is 184 g/mol. The molecule has 60 valence electrons. The van der Waals surface area contributed by atoms with Gasteiger partial charge in [0.2, 0.25) is 0 Å². The van der Waals surface area contributed by atoms with E-state index in [-0.39, 0.29) is 0 Å². The summed E-state index contributed by atoms with van der Waals surface area (Å²) in [4.78, 5) is 0. The van der Waals surface area contributed by atoms with Crippen LogP contribution in [0.1, 0.15) is 0 Å². The number of hydrogen-bond donors (Lipinski definition) is 2. The topological polar surface area (TPSA) is 87.6 Å². The highest BCUT2D eigenvalue weighted by Crippen LogP contribution is 2.57. The van der Waals surface area contributed by atoms with Gasteiger partial charge in [-0.1, -0.05) is 6.08 Å². The molecule has 0 atom stereocenters. The van der Waals surface area contributed by atoms with E-state index >= 15 is 0 Å². The zero-order chi connectivity index (χ0) is 8.04. The molecule has 0 rings (SSSR count). The van der Waals surface area contributed by atoms with E-state index in [0.717, 1.165) is 11.4 Å². The number of nitrogens with two attached hydrogens (primary N) is 2. The van der Waals surface area contributed by atoms with Crippen molar-refractivity contribution >= 4 is 18.2 Å². The molecule has 0 aliphatic carbocycles. The van der Waals surface area contributed by atoms with Gasteiger partial charge < -0.3 is 0 Å². The molecular formula is C3H9N2O3PS. The van der Waals surface area contributed by atoms with Crippen LogP contribution in [0.15, 0.2) is 12.7 Å². The Kier molecular flexibility index (Phi) is 4.98.